The number of benzene rings is 1. The molecule has 0 N–H and O–H groups in total. The van der Waals surface area contributed by atoms with Crippen LogP contribution in [0.4, 0.5) is 0 Å². The zero-order chi connectivity index (χ0) is 10.1. The van der Waals surface area contributed by atoms with Gasteiger partial charge in [-0.25, -0.2) is 0 Å². The molecule has 0 aliphatic carbocycles. The Kier molecular flexibility index (Phi) is 2.69. The summed E-state index contributed by atoms with van der Waals surface area (Å²) in [7, 11) is 0. The van der Waals surface area contributed by atoms with E-state index in [2.05, 4.69) is 18.7 Å². The second-order valence-corrected chi connectivity index (χ2v) is 4.95. The molecule has 1 heterocycles. The molecular weight excluding hydrogens is 234 g/mol. The number of alkyl halides is 1. The fourth-order valence-electron chi connectivity index (χ4n) is 1.37. The van der Waals surface area contributed by atoms with Gasteiger partial charge in [0.1, 0.15) is 6.07 Å². The van der Waals surface area contributed by atoms with Crippen molar-refractivity contribution in [2.24, 2.45) is 0 Å². The van der Waals surface area contributed by atoms with Gasteiger partial charge in [-0.2, -0.15) is 5.26 Å². The Labute approximate surface area is 96.3 Å². The SMILES string of the molecule is N#Cc1ccc(CCl)c2cc(S)sc12. The van der Waals surface area contributed by atoms with E-state index in [4.69, 9.17) is 16.9 Å². The summed E-state index contributed by atoms with van der Waals surface area (Å²) >= 11 is 11.6. The molecule has 0 saturated heterocycles. The van der Waals surface area contributed by atoms with Gasteiger partial charge in [-0.15, -0.1) is 35.6 Å². The Bertz CT molecular complexity index is 525. The van der Waals surface area contributed by atoms with Crippen LogP contribution in [0.1, 0.15) is 11.1 Å². The van der Waals surface area contributed by atoms with Crippen molar-refractivity contribution in [1.29, 1.82) is 5.26 Å². The molecule has 2 aromatic rings. The smallest absolute Gasteiger partial charge is 0.101 e. The van der Waals surface area contributed by atoms with Gasteiger partial charge in [0.05, 0.1) is 14.5 Å². The molecule has 0 saturated carbocycles. The van der Waals surface area contributed by atoms with Crippen molar-refractivity contribution in [1.82, 2.24) is 0 Å². The lowest BCUT2D eigenvalue weighted by molar-refractivity contribution is 1.44. The van der Waals surface area contributed by atoms with Crippen LogP contribution in [0.15, 0.2) is 22.4 Å². The minimum atomic E-state index is 0.464. The maximum atomic E-state index is 8.91. The molecule has 4 heteroatoms. The fourth-order valence-corrected chi connectivity index (χ4v) is 2.92. The van der Waals surface area contributed by atoms with Crippen LogP contribution >= 0.6 is 35.6 Å². The second kappa shape index (κ2) is 3.82. The van der Waals surface area contributed by atoms with Gasteiger partial charge in [-0.1, -0.05) is 6.07 Å². The molecule has 1 aromatic carbocycles. The number of hydrogen-bond donors (Lipinski definition) is 1. The third kappa shape index (κ3) is 1.50. The Morgan fingerprint density at radius 2 is 2.29 bits per heavy atom. The van der Waals surface area contributed by atoms with Crippen molar-refractivity contribution in [3.8, 4) is 6.07 Å². The standard InChI is InChI=1S/C10H6ClNS2/c11-4-6-1-2-7(5-12)10-8(6)3-9(13)14-10/h1-3,13H,4H2. The number of nitrogens with zero attached hydrogens (tertiary/aromatic N) is 1. The van der Waals surface area contributed by atoms with Crippen molar-refractivity contribution in [2.45, 2.75) is 10.1 Å². The molecular formula is C10H6ClNS2. The van der Waals surface area contributed by atoms with Gasteiger partial charge in [-0.05, 0) is 23.1 Å². The van der Waals surface area contributed by atoms with Crippen LogP contribution in [-0.2, 0) is 5.88 Å². The molecule has 0 bridgehead atoms. The van der Waals surface area contributed by atoms with Crippen molar-refractivity contribution in [2.75, 3.05) is 0 Å². The van der Waals surface area contributed by atoms with Crippen LogP contribution in [0.3, 0.4) is 0 Å². The first-order chi connectivity index (χ1) is 6.76. The van der Waals surface area contributed by atoms with Gasteiger partial charge in [0.2, 0.25) is 0 Å². The monoisotopic (exact) mass is 239 g/mol. The normalized spacial score (nSPS) is 10.4. The molecule has 0 aliphatic heterocycles. The summed E-state index contributed by atoms with van der Waals surface area (Å²) in [5.41, 5.74) is 1.75. The van der Waals surface area contributed by atoms with Crippen LogP contribution in [0.2, 0.25) is 0 Å². The molecule has 70 valence electrons. The topological polar surface area (TPSA) is 23.8 Å². The molecule has 14 heavy (non-hydrogen) atoms. The van der Waals surface area contributed by atoms with Crippen LogP contribution < -0.4 is 0 Å². The third-order valence-corrected chi connectivity index (χ3v) is 3.69. The van der Waals surface area contributed by atoms with Crippen molar-refractivity contribution in [3.63, 3.8) is 0 Å². The van der Waals surface area contributed by atoms with E-state index < -0.39 is 0 Å². The van der Waals surface area contributed by atoms with Crippen LogP contribution in [0.25, 0.3) is 10.1 Å². The molecule has 0 spiro atoms. The van der Waals surface area contributed by atoms with E-state index in [1.54, 1.807) is 0 Å². The second-order valence-electron chi connectivity index (χ2n) is 2.85. The van der Waals surface area contributed by atoms with Gasteiger partial charge in [0.25, 0.3) is 0 Å². The first-order valence-electron chi connectivity index (χ1n) is 3.96. The molecule has 0 amide bonds. The average molecular weight is 240 g/mol. The van der Waals surface area contributed by atoms with Crippen LogP contribution in [0.5, 0.6) is 0 Å². The van der Waals surface area contributed by atoms with Crippen molar-refractivity contribution in [3.05, 3.63) is 29.3 Å². The maximum absolute atomic E-state index is 8.91. The lowest BCUT2D eigenvalue weighted by Crippen LogP contribution is -1.81. The first-order valence-corrected chi connectivity index (χ1v) is 5.76. The number of thiol groups is 1. The molecule has 1 nitrogen and oxygen atoms in total. The van der Waals surface area contributed by atoms with Gasteiger partial charge in [0, 0.05) is 5.88 Å². The first kappa shape index (κ1) is 9.85. The number of halogens is 1. The maximum Gasteiger partial charge on any atom is 0.101 e. The van der Waals surface area contributed by atoms with Crippen LogP contribution in [-0.4, -0.2) is 0 Å². The van der Waals surface area contributed by atoms with Gasteiger partial charge in [-0.3, -0.25) is 0 Å². The van der Waals surface area contributed by atoms with E-state index in [0.29, 0.717) is 11.4 Å². The van der Waals surface area contributed by atoms with Crippen LogP contribution in [0, 0.1) is 11.3 Å². The average Bonchev–Trinajstić information content (AvgIpc) is 2.57. The van der Waals surface area contributed by atoms with Crippen molar-refractivity contribution >= 4 is 45.7 Å². The Balaban J connectivity index is 2.86. The quantitative estimate of drug-likeness (QED) is 0.594. The van der Waals surface area contributed by atoms with E-state index in [0.717, 1.165) is 19.9 Å². The minimum absolute atomic E-state index is 0.464. The zero-order valence-corrected chi connectivity index (χ0v) is 9.59. The summed E-state index contributed by atoms with van der Waals surface area (Å²) in [4.78, 5) is 0. The predicted octanol–water partition coefficient (Wildman–Crippen LogP) is 3.80. The van der Waals surface area contributed by atoms with E-state index in [1.807, 2.05) is 18.2 Å². The number of thiophene rings is 1. The van der Waals surface area contributed by atoms with Gasteiger partial charge < -0.3 is 0 Å². The summed E-state index contributed by atoms with van der Waals surface area (Å²) in [5, 5.41) is 9.96. The van der Waals surface area contributed by atoms with Gasteiger partial charge >= 0.3 is 0 Å². The summed E-state index contributed by atoms with van der Waals surface area (Å²) in [6.45, 7) is 0. The van der Waals surface area contributed by atoms with Gasteiger partial charge in [0.15, 0.2) is 0 Å². The molecule has 0 unspecified atom stereocenters. The van der Waals surface area contributed by atoms with E-state index in [-0.39, 0.29) is 0 Å². The van der Waals surface area contributed by atoms with Crippen molar-refractivity contribution < 1.29 is 0 Å². The lowest BCUT2D eigenvalue weighted by atomic mass is 10.1. The highest BCUT2D eigenvalue weighted by molar-refractivity contribution is 7.83. The number of rotatable bonds is 1. The highest BCUT2D eigenvalue weighted by atomic mass is 35.5. The molecule has 0 aliphatic rings. The minimum Gasteiger partial charge on any atom is -0.192 e. The Morgan fingerprint density at radius 1 is 1.50 bits per heavy atom. The molecule has 0 fully saturated rings. The highest BCUT2D eigenvalue weighted by Crippen LogP contribution is 2.33. The molecule has 2 rings (SSSR count). The third-order valence-electron chi connectivity index (χ3n) is 2.03. The molecule has 1 aromatic heterocycles. The zero-order valence-electron chi connectivity index (χ0n) is 7.12. The fraction of sp³-hybridized carbons (Fsp3) is 0.100. The predicted molar refractivity (Wildman–Crippen MR) is 63.3 cm³/mol. The van der Waals surface area contributed by atoms with E-state index in [1.165, 1.54) is 11.3 Å². The Morgan fingerprint density at radius 3 is 2.93 bits per heavy atom. The largest absolute Gasteiger partial charge is 0.192 e. The summed E-state index contributed by atoms with van der Waals surface area (Å²) < 4.78 is 1.89. The highest BCUT2D eigenvalue weighted by Gasteiger charge is 2.08. The summed E-state index contributed by atoms with van der Waals surface area (Å²) in [6, 6.07) is 7.83. The van der Waals surface area contributed by atoms with E-state index >= 15 is 0 Å². The van der Waals surface area contributed by atoms with E-state index in [9.17, 15) is 0 Å². The number of fused-ring (bicyclic) bond motifs is 1. The molecule has 0 atom stereocenters. The number of nitriles is 1. The lowest BCUT2D eigenvalue weighted by Gasteiger charge is -1.98. The molecule has 0 radical (unpaired) electrons. The Hall–Kier alpha value is -0.690. The summed E-state index contributed by atoms with van der Waals surface area (Å²) in [5.74, 6) is 0.464. The summed E-state index contributed by atoms with van der Waals surface area (Å²) in [6.07, 6.45) is 0. The number of hydrogen-bond acceptors (Lipinski definition) is 3.